The van der Waals surface area contributed by atoms with Crippen LogP contribution >= 0.6 is 0 Å². The van der Waals surface area contributed by atoms with E-state index < -0.39 is 5.63 Å². The number of esters is 1. The van der Waals surface area contributed by atoms with Crippen molar-refractivity contribution in [1.82, 2.24) is 0 Å². The van der Waals surface area contributed by atoms with Gasteiger partial charge in [0.05, 0.1) is 5.92 Å². The van der Waals surface area contributed by atoms with E-state index in [1.165, 1.54) is 6.07 Å². The minimum atomic E-state index is -0.420. The van der Waals surface area contributed by atoms with Gasteiger partial charge in [-0.2, -0.15) is 0 Å². The second-order valence-electron chi connectivity index (χ2n) is 5.95. The molecule has 1 heterocycles. The van der Waals surface area contributed by atoms with Crippen molar-refractivity contribution in [3.63, 3.8) is 0 Å². The van der Waals surface area contributed by atoms with Gasteiger partial charge < -0.3 is 9.15 Å². The fraction of sp³-hybridized carbons (Fsp3) is 0.412. The highest BCUT2D eigenvalue weighted by Crippen LogP contribution is 2.38. The number of ether oxygens (including phenoxy) is 1. The van der Waals surface area contributed by atoms with Crippen LogP contribution in [0.3, 0.4) is 0 Å². The Morgan fingerprint density at radius 2 is 1.95 bits per heavy atom. The maximum Gasteiger partial charge on any atom is 0.336 e. The normalized spacial score (nSPS) is 20.5. The van der Waals surface area contributed by atoms with Crippen molar-refractivity contribution in [2.24, 2.45) is 11.8 Å². The molecule has 0 aliphatic heterocycles. The molecule has 0 spiro atoms. The predicted octanol–water partition coefficient (Wildman–Crippen LogP) is 3.11. The molecule has 2 atom stereocenters. The topological polar surface area (TPSA) is 56.5 Å². The summed E-state index contributed by atoms with van der Waals surface area (Å²) in [7, 11) is 0. The van der Waals surface area contributed by atoms with E-state index in [0.717, 1.165) is 22.9 Å². The molecule has 1 aliphatic rings. The van der Waals surface area contributed by atoms with Gasteiger partial charge in [-0.05, 0) is 49.4 Å². The third-order valence-electron chi connectivity index (χ3n) is 4.23. The summed E-state index contributed by atoms with van der Waals surface area (Å²) in [5, 5.41) is 0.828. The molecule has 110 valence electrons. The van der Waals surface area contributed by atoms with Gasteiger partial charge in [0.15, 0.2) is 0 Å². The Morgan fingerprint density at radius 3 is 2.62 bits per heavy atom. The Balaban J connectivity index is 1.92. The summed E-state index contributed by atoms with van der Waals surface area (Å²) in [4.78, 5) is 23.4. The number of rotatable bonds is 3. The van der Waals surface area contributed by atoms with Gasteiger partial charge in [-0.1, -0.05) is 6.92 Å². The lowest BCUT2D eigenvalue weighted by atomic mass is 10.0. The summed E-state index contributed by atoms with van der Waals surface area (Å²) >= 11 is 0. The number of aryl methyl sites for hydroxylation is 2. The summed E-state index contributed by atoms with van der Waals surface area (Å²) < 4.78 is 10.6. The summed E-state index contributed by atoms with van der Waals surface area (Å²) in [5.41, 5.74) is 2.99. The average Bonchev–Trinajstić information content (AvgIpc) is 3.15. The van der Waals surface area contributed by atoms with Crippen molar-refractivity contribution in [3.8, 4) is 0 Å². The zero-order valence-electron chi connectivity index (χ0n) is 12.4. The van der Waals surface area contributed by atoms with Crippen LogP contribution in [0.5, 0.6) is 0 Å². The first kappa shape index (κ1) is 13.9. The Bertz CT molecular complexity index is 772. The van der Waals surface area contributed by atoms with Gasteiger partial charge in [0.25, 0.3) is 0 Å². The lowest BCUT2D eigenvalue weighted by molar-refractivity contribution is -0.146. The highest BCUT2D eigenvalue weighted by atomic mass is 16.5. The zero-order valence-corrected chi connectivity index (χ0v) is 12.4. The van der Waals surface area contributed by atoms with Crippen LogP contribution in [0.15, 0.2) is 27.4 Å². The molecule has 0 unspecified atom stereocenters. The largest absolute Gasteiger partial charge is 0.461 e. The second-order valence-corrected chi connectivity index (χ2v) is 5.95. The fourth-order valence-electron chi connectivity index (χ4n) is 2.51. The number of hydrogen-bond donors (Lipinski definition) is 0. The molecule has 0 radical (unpaired) electrons. The molecule has 2 aromatic rings. The number of carbonyl (C=O) groups excluding carboxylic acids is 1. The lowest BCUT2D eigenvalue weighted by Crippen LogP contribution is -2.09. The van der Waals surface area contributed by atoms with E-state index in [1.54, 1.807) is 0 Å². The zero-order chi connectivity index (χ0) is 15.1. The van der Waals surface area contributed by atoms with Gasteiger partial charge in [-0.15, -0.1) is 0 Å². The molecule has 3 rings (SSSR count). The summed E-state index contributed by atoms with van der Waals surface area (Å²) in [5.74, 6) is 0.271. The van der Waals surface area contributed by atoms with Crippen LogP contribution < -0.4 is 5.63 Å². The van der Waals surface area contributed by atoms with Crippen molar-refractivity contribution < 1.29 is 13.9 Å². The van der Waals surface area contributed by atoms with Gasteiger partial charge in [0.1, 0.15) is 12.2 Å². The molecule has 21 heavy (non-hydrogen) atoms. The van der Waals surface area contributed by atoms with Crippen LogP contribution in [0, 0.1) is 25.7 Å². The van der Waals surface area contributed by atoms with Gasteiger partial charge in [0.2, 0.25) is 0 Å². The Labute approximate surface area is 122 Å². The maximum absolute atomic E-state index is 11.8. The van der Waals surface area contributed by atoms with Crippen LogP contribution in [-0.2, 0) is 16.1 Å². The van der Waals surface area contributed by atoms with Crippen molar-refractivity contribution in [3.05, 3.63) is 45.3 Å². The van der Waals surface area contributed by atoms with E-state index in [9.17, 15) is 9.59 Å². The number of carbonyl (C=O) groups is 1. The summed E-state index contributed by atoms with van der Waals surface area (Å²) in [6.07, 6.45) is 0.898. The first-order valence-corrected chi connectivity index (χ1v) is 7.16. The van der Waals surface area contributed by atoms with Crippen LogP contribution in [0.1, 0.15) is 30.0 Å². The standard InChI is InChI=1S/C17H18O4/c1-9-4-14-12(8-20-17(19)13-5-11(13)3)7-16(18)21-15(14)6-10(9)2/h4,6-7,11,13H,5,8H2,1-3H3/t11-,13+/m0/s1. The van der Waals surface area contributed by atoms with Crippen LogP contribution in [0.25, 0.3) is 11.0 Å². The van der Waals surface area contributed by atoms with E-state index in [-0.39, 0.29) is 18.5 Å². The maximum atomic E-state index is 11.8. The van der Waals surface area contributed by atoms with Crippen molar-refractivity contribution >= 4 is 16.9 Å². The molecule has 0 amide bonds. The Hall–Kier alpha value is -2.10. The highest BCUT2D eigenvalue weighted by Gasteiger charge is 2.40. The number of hydrogen-bond acceptors (Lipinski definition) is 4. The van der Waals surface area contributed by atoms with Crippen LogP contribution in [0.4, 0.5) is 0 Å². The molecular formula is C17H18O4. The molecule has 1 aromatic heterocycles. The van der Waals surface area contributed by atoms with E-state index in [4.69, 9.17) is 9.15 Å². The number of fused-ring (bicyclic) bond motifs is 1. The van der Waals surface area contributed by atoms with E-state index in [2.05, 4.69) is 0 Å². The van der Waals surface area contributed by atoms with Crippen molar-refractivity contribution in [1.29, 1.82) is 0 Å². The SMILES string of the molecule is Cc1cc2oc(=O)cc(COC(=O)[C@@H]3C[C@@H]3C)c2cc1C. The molecule has 4 heteroatoms. The Kier molecular flexibility index (Phi) is 3.32. The lowest BCUT2D eigenvalue weighted by Gasteiger charge is -2.09. The van der Waals surface area contributed by atoms with Crippen molar-refractivity contribution in [2.45, 2.75) is 33.8 Å². The average molecular weight is 286 g/mol. The summed E-state index contributed by atoms with van der Waals surface area (Å²) in [6, 6.07) is 5.22. The molecule has 4 nitrogen and oxygen atoms in total. The molecular weight excluding hydrogens is 268 g/mol. The minimum absolute atomic E-state index is 0.0281. The highest BCUT2D eigenvalue weighted by molar-refractivity contribution is 5.82. The third-order valence-corrected chi connectivity index (χ3v) is 4.23. The van der Waals surface area contributed by atoms with Crippen molar-refractivity contribution in [2.75, 3.05) is 0 Å². The van der Waals surface area contributed by atoms with Gasteiger partial charge >= 0.3 is 11.6 Å². The van der Waals surface area contributed by atoms with E-state index >= 15 is 0 Å². The molecule has 1 aliphatic carbocycles. The smallest absolute Gasteiger partial charge is 0.336 e. The van der Waals surface area contributed by atoms with Crippen LogP contribution in [0.2, 0.25) is 0 Å². The second kappa shape index (κ2) is 5.02. The van der Waals surface area contributed by atoms with E-state index in [0.29, 0.717) is 17.1 Å². The predicted molar refractivity (Wildman–Crippen MR) is 79.0 cm³/mol. The monoisotopic (exact) mass is 286 g/mol. The van der Waals surface area contributed by atoms with Crippen LogP contribution in [-0.4, -0.2) is 5.97 Å². The molecule has 0 N–H and O–H groups in total. The fourth-order valence-corrected chi connectivity index (χ4v) is 2.51. The quantitative estimate of drug-likeness (QED) is 0.642. The summed E-state index contributed by atoms with van der Waals surface area (Å²) in [6.45, 7) is 6.12. The van der Waals surface area contributed by atoms with Gasteiger partial charge in [-0.25, -0.2) is 4.79 Å². The number of benzene rings is 1. The molecule has 1 aromatic carbocycles. The van der Waals surface area contributed by atoms with Gasteiger partial charge in [0, 0.05) is 17.0 Å². The molecule has 1 fully saturated rings. The van der Waals surface area contributed by atoms with E-state index in [1.807, 2.05) is 32.9 Å². The first-order valence-electron chi connectivity index (χ1n) is 7.16. The molecule has 0 saturated heterocycles. The first-order chi connectivity index (χ1) is 9.95. The third kappa shape index (κ3) is 2.71. The minimum Gasteiger partial charge on any atom is -0.461 e. The molecule has 0 bridgehead atoms. The molecule has 1 saturated carbocycles. The Morgan fingerprint density at radius 1 is 1.29 bits per heavy atom. The van der Waals surface area contributed by atoms with Gasteiger partial charge in [-0.3, -0.25) is 4.79 Å².